The maximum absolute atomic E-state index is 13.2. The molecule has 0 aromatic heterocycles. The predicted octanol–water partition coefficient (Wildman–Crippen LogP) is 9.34. The third kappa shape index (κ3) is 14.5. The number of ether oxygens (including phenoxy) is 7. The summed E-state index contributed by atoms with van der Waals surface area (Å²) in [5.74, 6) is -0.858. The molecule has 1 heterocycles. The highest BCUT2D eigenvalue weighted by Gasteiger charge is 2.53. The Hall–Kier alpha value is -2.02. The molecular weight excluding hydrogens is 657 g/mol. The number of unbranched alkanes of at least 4 members (excludes halogenated alkanes) is 5. The van der Waals surface area contributed by atoms with E-state index in [2.05, 4.69) is 41.5 Å². The van der Waals surface area contributed by atoms with Crippen LogP contribution in [0.5, 0.6) is 0 Å². The van der Waals surface area contributed by atoms with Gasteiger partial charge in [-0.3, -0.25) is 4.79 Å². The summed E-state index contributed by atoms with van der Waals surface area (Å²) in [6, 6.07) is 11.6. The third-order valence-corrected chi connectivity index (χ3v) is 14.9. The van der Waals surface area contributed by atoms with Crippen molar-refractivity contribution in [1.82, 2.24) is 0 Å². The van der Waals surface area contributed by atoms with Crippen molar-refractivity contribution in [2.24, 2.45) is 5.92 Å². The van der Waals surface area contributed by atoms with Crippen LogP contribution in [0, 0.1) is 5.92 Å². The van der Waals surface area contributed by atoms with Crippen LogP contribution in [0.2, 0.25) is 17.1 Å². The second-order valence-corrected chi connectivity index (χ2v) is 20.8. The van der Waals surface area contributed by atoms with Crippen LogP contribution >= 0.6 is 0 Å². The molecule has 0 spiro atoms. The largest absolute Gasteiger partial charge is 0.509 e. The highest BCUT2D eigenvalue weighted by Crippen LogP contribution is 2.43. The van der Waals surface area contributed by atoms with Crippen LogP contribution in [-0.4, -0.2) is 76.8 Å². The van der Waals surface area contributed by atoms with Gasteiger partial charge in [-0.2, -0.15) is 0 Å². The first-order valence-corrected chi connectivity index (χ1v) is 21.1. The number of carbonyl (C=O) groups is 2. The number of rotatable bonds is 21. The quantitative estimate of drug-likeness (QED) is 0.0527. The van der Waals surface area contributed by atoms with E-state index in [1.54, 1.807) is 34.6 Å². The molecule has 5 atom stereocenters. The molecule has 0 saturated carbocycles. The molecule has 11 heteroatoms. The topological polar surface area (TPSA) is 108 Å². The molecule has 288 valence electrons. The molecule has 0 radical (unpaired) electrons. The zero-order valence-corrected chi connectivity index (χ0v) is 33.9. The molecule has 1 fully saturated rings. The Morgan fingerprint density at radius 3 is 2.04 bits per heavy atom. The fourth-order valence-electron chi connectivity index (χ4n) is 6.17. The van der Waals surface area contributed by atoms with Gasteiger partial charge in [0.05, 0.1) is 19.1 Å². The lowest BCUT2D eigenvalue weighted by molar-refractivity contribution is -0.319. The monoisotopic (exact) mass is 724 g/mol. The van der Waals surface area contributed by atoms with Crippen LogP contribution in [0.25, 0.3) is 0 Å². The van der Waals surface area contributed by atoms with E-state index in [9.17, 15) is 9.59 Å². The van der Waals surface area contributed by atoms with Gasteiger partial charge in [0, 0.05) is 6.61 Å². The summed E-state index contributed by atoms with van der Waals surface area (Å²) in [4.78, 5) is 26.5. The molecular formula is C39H68O10Si. The Morgan fingerprint density at radius 1 is 0.820 bits per heavy atom. The first kappa shape index (κ1) is 44.1. The van der Waals surface area contributed by atoms with Gasteiger partial charge in [-0.25, -0.2) is 4.79 Å². The van der Waals surface area contributed by atoms with E-state index < -0.39 is 62.7 Å². The molecule has 1 aromatic carbocycles. The van der Waals surface area contributed by atoms with Crippen molar-refractivity contribution in [1.29, 1.82) is 0 Å². The van der Waals surface area contributed by atoms with Gasteiger partial charge in [-0.15, -0.1) is 0 Å². The lowest BCUT2D eigenvalue weighted by atomic mass is 9.98. The second kappa shape index (κ2) is 21.5. The fourth-order valence-corrected chi connectivity index (χ4v) is 10.1. The zero-order valence-electron chi connectivity index (χ0n) is 32.9. The smallest absolute Gasteiger partial charge is 0.456 e. The van der Waals surface area contributed by atoms with Crippen molar-refractivity contribution in [2.75, 3.05) is 20.0 Å². The van der Waals surface area contributed by atoms with E-state index in [0.717, 1.165) is 36.9 Å². The minimum Gasteiger partial charge on any atom is -0.456 e. The number of hydrogen-bond donors (Lipinski definition) is 0. The molecule has 1 aliphatic heterocycles. The van der Waals surface area contributed by atoms with Crippen LogP contribution in [0.1, 0.15) is 120 Å². The molecule has 0 unspecified atom stereocenters. The van der Waals surface area contributed by atoms with Gasteiger partial charge in [-0.05, 0) is 49.9 Å². The Bertz CT molecular complexity index is 1100. The Kier molecular flexibility index (Phi) is 19.0. The normalized spacial score (nSPS) is 21.6. The van der Waals surface area contributed by atoms with Crippen molar-refractivity contribution in [3.63, 3.8) is 0 Å². The van der Waals surface area contributed by atoms with Crippen molar-refractivity contribution < 1.29 is 47.2 Å². The summed E-state index contributed by atoms with van der Waals surface area (Å²) < 4.78 is 49.9. The van der Waals surface area contributed by atoms with E-state index in [-0.39, 0.29) is 18.4 Å². The molecule has 0 bridgehead atoms. The Balaban J connectivity index is 2.49. The van der Waals surface area contributed by atoms with Crippen LogP contribution in [0.15, 0.2) is 30.3 Å². The van der Waals surface area contributed by atoms with Crippen molar-refractivity contribution in [2.45, 2.75) is 175 Å². The number of esters is 1. The highest BCUT2D eigenvalue weighted by atomic mass is 28.4. The average Bonchev–Trinajstić information content (AvgIpc) is 3.04. The molecule has 0 N–H and O–H groups in total. The standard InChI is InChI=1S/C39H68O10Si/c1-12-15-16-17-18-22-25-43-36-34(48-37(41)49-38(6,7)8)33(44-28-42-26-30-23-20-19-21-24-30)32(47-35(40)29(4)5)31(46-36)27-45-50(13-2,14-3)39(9,10)11/h19-21,23-24,29,31-34,36H,12-18,22,25-28H2,1-11H3/t31-,32-,33+,34-,36-/m1/s1. The van der Waals surface area contributed by atoms with Gasteiger partial charge in [-0.1, -0.05) is 118 Å². The van der Waals surface area contributed by atoms with Gasteiger partial charge in [0.15, 0.2) is 26.8 Å². The Labute approximate surface area is 303 Å². The van der Waals surface area contributed by atoms with Gasteiger partial charge in [0.25, 0.3) is 0 Å². The highest BCUT2D eigenvalue weighted by molar-refractivity contribution is 6.76. The molecule has 50 heavy (non-hydrogen) atoms. The van der Waals surface area contributed by atoms with Gasteiger partial charge >= 0.3 is 12.1 Å². The molecule has 1 saturated heterocycles. The predicted molar refractivity (Wildman–Crippen MR) is 197 cm³/mol. The van der Waals surface area contributed by atoms with Crippen LogP contribution in [0.3, 0.4) is 0 Å². The fraction of sp³-hybridized carbons (Fsp3) is 0.795. The summed E-state index contributed by atoms with van der Waals surface area (Å²) in [5, 5.41) is -0.0491. The minimum atomic E-state index is -2.28. The van der Waals surface area contributed by atoms with Crippen molar-refractivity contribution in [3.05, 3.63) is 35.9 Å². The van der Waals surface area contributed by atoms with Crippen LogP contribution in [0.4, 0.5) is 4.79 Å². The first-order valence-electron chi connectivity index (χ1n) is 18.8. The van der Waals surface area contributed by atoms with Crippen molar-refractivity contribution in [3.8, 4) is 0 Å². The summed E-state index contributed by atoms with van der Waals surface area (Å²) in [6.07, 6.45) is 0.651. The van der Waals surface area contributed by atoms with Gasteiger partial charge < -0.3 is 37.6 Å². The summed E-state index contributed by atoms with van der Waals surface area (Å²) >= 11 is 0. The average molecular weight is 725 g/mol. The first-order chi connectivity index (χ1) is 23.6. The number of hydrogen-bond acceptors (Lipinski definition) is 10. The SMILES string of the molecule is CCCCCCCCO[C@@H]1O[C@H](CO[Si](CC)(CC)C(C)(C)C)[C@@H](OC(=O)C(C)C)[C@H](OCOCc2ccccc2)[C@H]1OC(=O)OC(C)(C)C. The summed E-state index contributed by atoms with van der Waals surface area (Å²) in [5.41, 5.74) is 0.166. The van der Waals surface area contributed by atoms with Gasteiger partial charge in [0.1, 0.15) is 24.6 Å². The van der Waals surface area contributed by atoms with E-state index >= 15 is 0 Å². The molecule has 1 aromatic rings. The second-order valence-electron chi connectivity index (χ2n) is 15.6. The van der Waals surface area contributed by atoms with Gasteiger partial charge in [0.2, 0.25) is 0 Å². The number of carbonyl (C=O) groups excluding carboxylic acids is 2. The van der Waals surface area contributed by atoms with E-state index in [1.165, 1.54) is 19.3 Å². The molecule has 2 rings (SSSR count). The van der Waals surface area contributed by atoms with E-state index in [0.29, 0.717) is 13.2 Å². The minimum absolute atomic E-state index is 0.0491. The van der Waals surface area contributed by atoms with Crippen LogP contribution < -0.4 is 0 Å². The van der Waals surface area contributed by atoms with Crippen molar-refractivity contribution >= 4 is 20.4 Å². The molecule has 1 aliphatic rings. The third-order valence-electron chi connectivity index (χ3n) is 9.21. The maximum Gasteiger partial charge on any atom is 0.509 e. The lowest BCUT2D eigenvalue weighted by Crippen LogP contribution is -2.63. The van der Waals surface area contributed by atoms with E-state index in [1.807, 2.05) is 30.3 Å². The zero-order chi connectivity index (χ0) is 37.4. The molecule has 10 nitrogen and oxygen atoms in total. The number of benzene rings is 1. The molecule has 0 aliphatic carbocycles. The molecule has 0 amide bonds. The van der Waals surface area contributed by atoms with Crippen LogP contribution in [-0.2, 0) is 49.0 Å². The maximum atomic E-state index is 13.2. The lowest BCUT2D eigenvalue weighted by Gasteiger charge is -2.47. The Morgan fingerprint density at radius 2 is 1.46 bits per heavy atom. The summed E-state index contributed by atoms with van der Waals surface area (Å²) in [6.45, 7) is 22.7. The van der Waals surface area contributed by atoms with E-state index in [4.69, 9.17) is 37.6 Å². The summed E-state index contributed by atoms with van der Waals surface area (Å²) in [7, 11) is -2.28.